The Morgan fingerprint density at radius 2 is 2.18 bits per heavy atom. The van der Waals surface area contributed by atoms with E-state index in [1.54, 1.807) is 7.11 Å². The smallest absolute Gasteiger partial charge is 0.188 e. The molecule has 1 fully saturated rings. The molecular weight excluding hydrogens is 214 g/mol. The van der Waals surface area contributed by atoms with E-state index in [1.165, 1.54) is 12.1 Å². The molecule has 0 N–H and O–H groups in total. The van der Waals surface area contributed by atoms with Gasteiger partial charge in [0, 0.05) is 32.0 Å². The van der Waals surface area contributed by atoms with Gasteiger partial charge in [-0.2, -0.15) is 0 Å². The first-order valence-corrected chi connectivity index (χ1v) is 6.07. The van der Waals surface area contributed by atoms with Gasteiger partial charge < -0.3 is 14.4 Å². The minimum Gasteiger partial charge on any atom is -0.467 e. The molecule has 0 amide bonds. The molecule has 1 aliphatic heterocycles. The second-order valence-corrected chi connectivity index (χ2v) is 5.38. The third-order valence-corrected chi connectivity index (χ3v) is 3.20. The van der Waals surface area contributed by atoms with Gasteiger partial charge in [-0.3, -0.25) is 0 Å². The van der Waals surface area contributed by atoms with Crippen molar-refractivity contribution in [2.45, 2.75) is 20.3 Å². The Balaban J connectivity index is 2.06. The third kappa shape index (κ3) is 3.13. The summed E-state index contributed by atoms with van der Waals surface area (Å²) in [5, 5.41) is 0. The maximum Gasteiger partial charge on any atom is 0.188 e. The van der Waals surface area contributed by atoms with Crippen molar-refractivity contribution in [2.24, 2.45) is 5.41 Å². The summed E-state index contributed by atoms with van der Waals surface area (Å²) in [6.07, 6.45) is 1.25. The van der Waals surface area contributed by atoms with Crippen molar-refractivity contribution in [3.63, 3.8) is 0 Å². The van der Waals surface area contributed by atoms with Gasteiger partial charge in [0.05, 0.1) is 0 Å². The van der Waals surface area contributed by atoms with Crippen molar-refractivity contribution in [1.29, 1.82) is 0 Å². The van der Waals surface area contributed by atoms with E-state index in [4.69, 9.17) is 9.47 Å². The van der Waals surface area contributed by atoms with E-state index in [2.05, 4.69) is 30.9 Å². The first kappa shape index (κ1) is 12.2. The van der Waals surface area contributed by atoms with Gasteiger partial charge >= 0.3 is 0 Å². The van der Waals surface area contributed by atoms with Crippen LogP contribution < -0.4 is 9.64 Å². The van der Waals surface area contributed by atoms with Crippen LogP contribution in [0.15, 0.2) is 24.3 Å². The van der Waals surface area contributed by atoms with Crippen LogP contribution in [0.5, 0.6) is 5.75 Å². The monoisotopic (exact) mass is 235 g/mol. The van der Waals surface area contributed by atoms with Crippen LogP contribution in [0.25, 0.3) is 0 Å². The van der Waals surface area contributed by atoms with E-state index in [0.717, 1.165) is 18.8 Å². The Hall–Kier alpha value is -1.22. The summed E-state index contributed by atoms with van der Waals surface area (Å²) in [6, 6.07) is 8.22. The summed E-state index contributed by atoms with van der Waals surface area (Å²) < 4.78 is 10.4. The maximum absolute atomic E-state index is 5.46. The van der Waals surface area contributed by atoms with Crippen LogP contribution in [-0.2, 0) is 4.74 Å². The minimum atomic E-state index is 0.301. The summed E-state index contributed by atoms with van der Waals surface area (Å²) >= 11 is 0. The van der Waals surface area contributed by atoms with Crippen molar-refractivity contribution < 1.29 is 9.47 Å². The average Bonchev–Trinajstić information content (AvgIpc) is 2.67. The molecule has 1 aromatic carbocycles. The van der Waals surface area contributed by atoms with Gasteiger partial charge in [0.25, 0.3) is 0 Å². The van der Waals surface area contributed by atoms with E-state index in [9.17, 15) is 0 Å². The van der Waals surface area contributed by atoms with Crippen LogP contribution in [-0.4, -0.2) is 27.0 Å². The number of hydrogen-bond donors (Lipinski definition) is 0. The van der Waals surface area contributed by atoms with Crippen molar-refractivity contribution in [2.75, 3.05) is 31.9 Å². The van der Waals surface area contributed by atoms with E-state index in [0.29, 0.717) is 12.2 Å². The summed E-state index contributed by atoms with van der Waals surface area (Å²) in [4.78, 5) is 2.42. The molecular formula is C14H21NO2. The predicted octanol–water partition coefficient (Wildman–Crippen LogP) is 2.91. The lowest BCUT2D eigenvalue weighted by atomic mass is 9.93. The minimum absolute atomic E-state index is 0.301. The van der Waals surface area contributed by atoms with E-state index < -0.39 is 0 Å². The largest absolute Gasteiger partial charge is 0.467 e. The molecule has 0 atom stereocenters. The predicted molar refractivity (Wildman–Crippen MR) is 69.6 cm³/mol. The lowest BCUT2D eigenvalue weighted by Crippen LogP contribution is -2.22. The van der Waals surface area contributed by atoms with Gasteiger partial charge in [0.15, 0.2) is 6.79 Å². The molecule has 0 aromatic heterocycles. The topological polar surface area (TPSA) is 21.7 Å². The van der Waals surface area contributed by atoms with Gasteiger partial charge in [-0.25, -0.2) is 0 Å². The molecule has 0 saturated carbocycles. The summed E-state index contributed by atoms with van der Waals surface area (Å²) in [6.45, 7) is 7.17. The van der Waals surface area contributed by atoms with Crippen LogP contribution in [0.4, 0.5) is 5.69 Å². The van der Waals surface area contributed by atoms with Crippen LogP contribution in [0.1, 0.15) is 20.3 Å². The van der Waals surface area contributed by atoms with Crippen LogP contribution in [0, 0.1) is 5.41 Å². The summed E-state index contributed by atoms with van der Waals surface area (Å²) in [7, 11) is 1.63. The van der Waals surface area contributed by atoms with Crippen LogP contribution in [0.2, 0.25) is 0 Å². The highest BCUT2D eigenvalue weighted by molar-refractivity contribution is 5.51. The average molecular weight is 235 g/mol. The standard InChI is InChI=1S/C14H21NO2/c1-14(2)7-8-15(10-14)12-5-4-6-13(9-12)17-11-16-3/h4-6,9H,7-8,10-11H2,1-3H3. The van der Waals surface area contributed by atoms with Crippen molar-refractivity contribution in [3.8, 4) is 5.75 Å². The molecule has 0 bridgehead atoms. The van der Waals surface area contributed by atoms with E-state index in [1.807, 2.05) is 12.1 Å². The van der Waals surface area contributed by atoms with Crippen molar-refractivity contribution in [1.82, 2.24) is 0 Å². The lowest BCUT2D eigenvalue weighted by molar-refractivity contribution is 0.0511. The van der Waals surface area contributed by atoms with Gasteiger partial charge in [-0.15, -0.1) is 0 Å². The van der Waals surface area contributed by atoms with Gasteiger partial charge in [-0.1, -0.05) is 19.9 Å². The van der Waals surface area contributed by atoms with Crippen LogP contribution in [0.3, 0.4) is 0 Å². The molecule has 0 unspecified atom stereocenters. The fourth-order valence-electron chi connectivity index (χ4n) is 2.23. The fraction of sp³-hybridized carbons (Fsp3) is 0.571. The molecule has 0 radical (unpaired) electrons. The van der Waals surface area contributed by atoms with Crippen LogP contribution >= 0.6 is 0 Å². The molecule has 2 rings (SSSR count). The summed E-state index contributed by atoms with van der Waals surface area (Å²) in [5.41, 5.74) is 1.66. The molecule has 17 heavy (non-hydrogen) atoms. The molecule has 1 saturated heterocycles. The van der Waals surface area contributed by atoms with E-state index in [-0.39, 0.29) is 0 Å². The highest BCUT2D eigenvalue weighted by Gasteiger charge is 2.29. The number of anilines is 1. The van der Waals surface area contributed by atoms with Crippen molar-refractivity contribution >= 4 is 5.69 Å². The number of nitrogens with zero attached hydrogens (tertiary/aromatic N) is 1. The lowest BCUT2D eigenvalue weighted by Gasteiger charge is -2.22. The Morgan fingerprint density at radius 1 is 1.35 bits per heavy atom. The molecule has 94 valence electrons. The van der Waals surface area contributed by atoms with Crippen molar-refractivity contribution in [3.05, 3.63) is 24.3 Å². The van der Waals surface area contributed by atoms with E-state index >= 15 is 0 Å². The Labute approximate surface area is 103 Å². The number of hydrogen-bond acceptors (Lipinski definition) is 3. The molecule has 1 aromatic rings. The number of ether oxygens (including phenoxy) is 2. The molecule has 0 aliphatic carbocycles. The number of methoxy groups -OCH3 is 1. The highest BCUT2D eigenvalue weighted by atomic mass is 16.7. The van der Waals surface area contributed by atoms with Gasteiger partial charge in [-0.05, 0) is 24.0 Å². The number of rotatable bonds is 4. The quantitative estimate of drug-likeness (QED) is 0.749. The molecule has 1 heterocycles. The van der Waals surface area contributed by atoms with Gasteiger partial charge in [0.2, 0.25) is 0 Å². The zero-order valence-electron chi connectivity index (χ0n) is 10.9. The zero-order chi connectivity index (χ0) is 12.3. The molecule has 1 aliphatic rings. The molecule has 3 nitrogen and oxygen atoms in total. The first-order valence-electron chi connectivity index (χ1n) is 6.07. The maximum atomic E-state index is 5.46. The fourth-order valence-corrected chi connectivity index (χ4v) is 2.23. The normalized spacial score (nSPS) is 18.4. The Morgan fingerprint density at radius 3 is 2.82 bits per heavy atom. The molecule has 3 heteroatoms. The molecule has 0 spiro atoms. The zero-order valence-corrected chi connectivity index (χ0v) is 10.9. The second kappa shape index (κ2) is 4.96. The first-order chi connectivity index (χ1) is 8.11. The SMILES string of the molecule is COCOc1cccc(N2CCC(C)(C)C2)c1. The number of benzene rings is 1. The Kier molecular flexibility index (Phi) is 3.57. The van der Waals surface area contributed by atoms with Gasteiger partial charge in [0.1, 0.15) is 5.75 Å². The summed E-state index contributed by atoms with van der Waals surface area (Å²) in [5.74, 6) is 0.869. The highest BCUT2D eigenvalue weighted by Crippen LogP contribution is 2.33. The Bertz CT molecular complexity index is 376. The second-order valence-electron chi connectivity index (χ2n) is 5.38. The third-order valence-electron chi connectivity index (χ3n) is 3.20.